The third-order valence-electron chi connectivity index (χ3n) is 4.82. The Balaban J connectivity index is 2.13. The highest BCUT2D eigenvalue weighted by Gasteiger charge is 2.28. The zero-order valence-electron chi connectivity index (χ0n) is 15.7. The van der Waals surface area contributed by atoms with Crippen molar-refractivity contribution in [3.8, 4) is 12.1 Å². The van der Waals surface area contributed by atoms with Crippen LogP contribution in [-0.2, 0) is 11.2 Å². The normalized spacial score (nSPS) is 14.3. The topological polar surface area (TPSA) is 107 Å². The van der Waals surface area contributed by atoms with Gasteiger partial charge >= 0.3 is 0 Å². The predicted molar refractivity (Wildman–Crippen MR) is 109 cm³/mol. The van der Waals surface area contributed by atoms with Gasteiger partial charge in [0.1, 0.15) is 28.2 Å². The van der Waals surface area contributed by atoms with Gasteiger partial charge < -0.3 is 10.6 Å². The highest BCUT2D eigenvalue weighted by atomic mass is 32.2. The van der Waals surface area contributed by atoms with Crippen LogP contribution in [0.2, 0.25) is 0 Å². The molecule has 0 aliphatic carbocycles. The third kappa shape index (κ3) is 3.81. The number of thioether (sulfide) groups is 1. The number of carbonyl (C=O) groups is 1. The summed E-state index contributed by atoms with van der Waals surface area (Å²) in [6, 6.07) is 13.7. The molecule has 28 heavy (non-hydrogen) atoms. The number of primary amides is 1. The van der Waals surface area contributed by atoms with Crippen molar-refractivity contribution in [2.75, 3.05) is 18.0 Å². The van der Waals surface area contributed by atoms with E-state index in [1.165, 1.54) is 11.8 Å². The molecule has 2 N–H and O–H groups in total. The minimum absolute atomic E-state index is 0.356. The molecule has 7 heteroatoms. The molecule has 1 aromatic carbocycles. The largest absolute Gasteiger partial charge is 0.368 e. The van der Waals surface area contributed by atoms with Crippen molar-refractivity contribution in [2.45, 2.75) is 36.5 Å². The summed E-state index contributed by atoms with van der Waals surface area (Å²) in [5, 5.41) is 19.3. The van der Waals surface area contributed by atoms with Gasteiger partial charge in [-0.2, -0.15) is 10.5 Å². The van der Waals surface area contributed by atoms with E-state index < -0.39 is 11.2 Å². The predicted octanol–water partition coefficient (Wildman–Crippen LogP) is 3.31. The van der Waals surface area contributed by atoms with Crippen LogP contribution >= 0.6 is 11.8 Å². The summed E-state index contributed by atoms with van der Waals surface area (Å²) in [4.78, 5) is 18.9. The van der Waals surface area contributed by atoms with Gasteiger partial charge in [-0.05, 0) is 30.4 Å². The molecule has 1 amide bonds. The number of pyridine rings is 1. The van der Waals surface area contributed by atoms with Gasteiger partial charge in [-0.1, -0.05) is 49.0 Å². The lowest BCUT2D eigenvalue weighted by atomic mass is 10.0. The molecule has 1 saturated heterocycles. The van der Waals surface area contributed by atoms with Gasteiger partial charge in [-0.25, -0.2) is 4.98 Å². The molecule has 3 rings (SSSR count). The fraction of sp³-hybridized carbons (Fsp3) is 0.333. The van der Waals surface area contributed by atoms with Crippen molar-refractivity contribution in [2.24, 2.45) is 5.73 Å². The highest BCUT2D eigenvalue weighted by molar-refractivity contribution is 8.00. The van der Waals surface area contributed by atoms with Crippen molar-refractivity contribution in [1.82, 2.24) is 4.98 Å². The van der Waals surface area contributed by atoms with Crippen LogP contribution < -0.4 is 10.6 Å². The Hall–Kier alpha value is -3.03. The van der Waals surface area contributed by atoms with Gasteiger partial charge in [0.25, 0.3) is 0 Å². The Morgan fingerprint density at radius 2 is 1.86 bits per heavy atom. The van der Waals surface area contributed by atoms with Crippen LogP contribution in [0.1, 0.15) is 47.3 Å². The van der Waals surface area contributed by atoms with E-state index in [1.54, 1.807) is 0 Å². The number of carbonyl (C=O) groups excluding carboxylic acids is 1. The second-order valence-corrected chi connectivity index (χ2v) is 7.65. The first kappa shape index (κ1) is 19.7. The number of rotatable bonds is 6. The highest BCUT2D eigenvalue weighted by Crippen LogP contribution is 2.39. The summed E-state index contributed by atoms with van der Waals surface area (Å²) < 4.78 is 0. The second-order valence-electron chi connectivity index (χ2n) is 6.55. The molecule has 0 saturated carbocycles. The summed E-state index contributed by atoms with van der Waals surface area (Å²) in [6.45, 7) is 3.58. The van der Waals surface area contributed by atoms with Crippen LogP contribution in [-0.4, -0.2) is 24.0 Å². The number of hydrogen-bond donors (Lipinski definition) is 1. The molecular weight excluding hydrogens is 370 g/mol. The Morgan fingerprint density at radius 3 is 2.39 bits per heavy atom. The van der Waals surface area contributed by atoms with Crippen LogP contribution in [0.3, 0.4) is 0 Å². The Labute approximate surface area is 169 Å². The van der Waals surface area contributed by atoms with Gasteiger partial charge in [0.05, 0.1) is 11.1 Å². The number of nitriles is 2. The van der Waals surface area contributed by atoms with Crippen molar-refractivity contribution in [1.29, 1.82) is 10.5 Å². The maximum Gasteiger partial charge on any atom is 0.235 e. The lowest BCUT2D eigenvalue weighted by Crippen LogP contribution is -2.23. The summed E-state index contributed by atoms with van der Waals surface area (Å²) >= 11 is 1.18. The molecule has 1 atom stereocenters. The number of amides is 1. The first-order valence-corrected chi connectivity index (χ1v) is 10.1. The molecule has 0 spiro atoms. The van der Waals surface area contributed by atoms with E-state index >= 15 is 0 Å². The van der Waals surface area contributed by atoms with Crippen molar-refractivity contribution in [3.63, 3.8) is 0 Å². The SMILES string of the molecule is CCc1c(C#N)c(SC(C(N)=O)c2ccccc2)nc(N2CCCC2)c1C#N. The molecule has 1 aliphatic rings. The van der Waals surface area contributed by atoms with Crippen LogP contribution in [0.15, 0.2) is 35.4 Å². The van der Waals surface area contributed by atoms with Crippen molar-refractivity contribution in [3.05, 3.63) is 52.6 Å². The van der Waals surface area contributed by atoms with Crippen LogP contribution in [0.25, 0.3) is 0 Å². The van der Waals surface area contributed by atoms with Crippen molar-refractivity contribution >= 4 is 23.5 Å². The van der Waals surface area contributed by atoms with Crippen molar-refractivity contribution < 1.29 is 4.79 Å². The van der Waals surface area contributed by atoms with Gasteiger partial charge in [0, 0.05) is 13.1 Å². The van der Waals surface area contributed by atoms with E-state index in [2.05, 4.69) is 22.0 Å². The van der Waals surface area contributed by atoms with E-state index in [0.29, 0.717) is 34.0 Å². The molecule has 0 bridgehead atoms. The average molecular weight is 392 g/mol. The maximum atomic E-state index is 12.2. The molecule has 1 fully saturated rings. The summed E-state index contributed by atoms with van der Waals surface area (Å²) in [6.07, 6.45) is 2.63. The number of hydrogen-bond acceptors (Lipinski definition) is 6. The van der Waals surface area contributed by atoms with E-state index in [4.69, 9.17) is 5.73 Å². The standard InChI is InChI=1S/C21H21N5OS/c1-2-15-16(12-22)20(26-10-6-7-11-26)25-21(17(15)13-23)28-18(19(24)27)14-8-4-3-5-9-14/h3-5,8-9,18H,2,6-7,10-11H2,1H3,(H2,24,27). The van der Waals surface area contributed by atoms with Gasteiger partial charge in [-0.3, -0.25) is 4.79 Å². The van der Waals surface area contributed by atoms with Crippen LogP contribution in [0, 0.1) is 22.7 Å². The zero-order chi connectivity index (χ0) is 20.1. The molecule has 1 aliphatic heterocycles. The third-order valence-corrected chi connectivity index (χ3v) is 6.08. The Kier molecular flexibility index (Phi) is 6.18. The van der Waals surface area contributed by atoms with E-state index in [1.807, 2.05) is 37.3 Å². The van der Waals surface area contributed by atoms with Gasteiger partial charge in [0.15, 0.2) is 0 Å². The molecule has 2 heterocycles. The quantitative estimate of drug-likeness (QED) is 0.757. The lowest BCUT2D eigenvalue weighted by molar-refractivity contribution is -0.117. The Morgan fingerprint density at radius 1 is 1.21 bits per heavy atom. The number of anilines is 1. The lowest BCUT2D eigenvalue weighted by Gasteiger charge is -2.22. The average Bonchev–Trinajstić information content (AvgIpc) is 3.25. The number of aromatic nitrogens is 1. The smallest absolute Gasteiger partial charge is 0.235 e. The van der Waals surface area contributed by atoms with Crippen LogP contribution in [0.4, 0.5) is 5.82 Å². The number of nitrogens with zero attached hydrogens (tertiary/aromatic N) is 4. The molecule has 2 aromatic rings. The minimum Gasteiger partial charge on any atom is -0.368 e. The van der Waals surface area contributed by atoms with E-state index in [9.17, 15) is 15.3 Å². The Bertz CT molecular complexity index is 955. The van der Waals surface area contributed by atoms with Crippen LogP contribution in [0.5, 0.6) is 0 Å². The van der Waals surface area contributed by atoms with Gasteiger partial charge in [0.2, 0.25) is 5.91 Å². The first-order chi connectivity index (χ1) is 13.6. The second kappa shape index (κ2) is 8.77. The molecular formula is C21H21N5OS. The maximum absolute atomic E-state index is 12.2. The number of benzene rings is 1. The summed E-state index contributed by atoms with van der Waals surface area (Å²) in [5.74, 6) is 0.113. The fourth-order valence-electron chi connectivity index (χ4n) is 3.46. The molecule has 142 valence electrons. The molecule has 1 aromatic heterocycles. The number of nitrogens with two attached hydrogens (primary N) is 1. The van der Waals surface area contributed by atoms with Gasteiger partial charge in [-0.15, -0.1) is 0 Å². The first-order valence-electron chi connectivity index (χ1n) is 9.23. The van der Waals surface area contributed by atoms with E-state index in [-0.39, 0.29) is 0 Å². The molecule has 1 unspecified atom stereocenters. The minimum atomic E-state index is -0.662. The summed E-state index contributed by atoms with van der Waals surface area (Å²) in [5.41, 5.74) is 7.92. The fourth-order valence-corrected chi connectivity index (χ4v) is 4.51. The summed E-state index contributed by atoms with van der Waals surface area (Å²) in [7, 11) is 0. The zero-order valence-corrected chi connectivity index (χ0v) is 16.5. The molecule has 0 radical (unpaired) electrons. The monoisotopic (exact) mass is 391 g/mol. The molecule has 6 nitrogen and oxygen atoms in total. The van der Waals surface area contributed by atoms with E-state index in [0.717, 1.165) is 31.5 Å².